The number of amides is 1. The number of likely N-dealkylation sites (tertiary alicyclic amines) is 1. The van der Waals surface area contributed by atoms with Crippen LogP contribution in [0.3, 0.4) is 0 Å². The van der Waals surface area contributed by atoms with E-state index in [2.05, 4.69) is 42.2 Å². The molecule has 5 heteroatoms. The maximum atomic E-state index is 12.7. The number of benzene rings is 1. The Hall–Kier alpha value is -2.43. The van der Waals surface area contributed by atoms with Crippen LogP contribution < -0.4 is 4.90 Å². The molecule has 5 nitrogen and oxygen atoms in total. The summed E-state index contributed by atoms with van der Waals surface area (Å²) in [6, 6.07) is 10.7. The Morgan fingerprint density at radius 1 is 1.14 bits per heavy atom. The molecule has 0 saturated carbocycles. The van der Waals surface area contributed by atoms with Crippen LogP contribution in [0.4, 0.5) is 5.82 Å². The van der Waals surface area contributed by atoms with Gasteiger partial charge in [0.15, 0.2) is 5.82 Å². The number of nitrogens with zero attached hydrogens (tertiary/aromatic N) is 4. The van der Waals surface area contributed by atoms with Crippen LogP contribution in [-0.4, -0.2) is 40.4 Å². The van der Waals surface area contributed by atoms with Gasteiger partial charge in [-0.3, -0.25) is 4.79 Å². The van der Waals surface area contributed by atoms with Gasteiger partial charge in [0.2, 0.25) is 5.91 Å². The summed E-state index contributed by atoms with van der Waals surface area (Å²) in [5, 5.41) is 0. The molecule has 154 valence electrons. The first-order chi connectivity index (χ1) is 14.0. The van der Waals surface area contributed by atoms with Crippen LogP contribution in [0, 0.1) is 12.8 Å². The Morgan fingerprint density at radius 2 is 1.93 bits per heavy atom. The van der Waals surface area contributed by atoms with Crippen LogP contribution in [0.15, 0.2) is 30.3 Å². The Bertz CT molecular complexity index is 865. The largest absolute Gasteiger partial charge is 0.356 e. The van der Waals surface area contributed by atoms with Crippen molar-refractivity contribution in [1.29, 1.82) is 0 Å². The molecular weight excluding hydrogens is 360 g/mol. The summed E-state index contributed by atoms with van der Waals surface area (Å²) in [6.07, 6.45) is 5.19. The van der Waals surface area contributed by atoms with E-state index < -0.39 is 0 Å². The monoisotopic (exact) mass is 392 g/mol. The number of carbonyl (C=O) groups excluding carboxylic acids is 1. The number of anilines is 1. The van der Waals surface area contributed by atoms with Crippen molar-refractivity contribution in [3.05, 3.63) is 53.0 Å². The predicted molar refractivity (Wildman–Crippen MR) is 116 cm³/mol. The van der Waals surface area contributed by atoms with E-state index in [0.717, 1.165) is 69.1 Å². The predicted octanol–water partition coefficient (Wildman–Crippen LogP) is 4.10. The zero-order valence-corrected chi connectivity index (χ0v) is 17.9. The molecule has 1 aromatic heterocycles. The van der Waals surface area contributed by atoms with Crippen molar-refractivity contribution < 1.29 is 4.79 Å². The summed E-state index contributed by atoms with van der Waals surface area (Å²) in [7, 11) is 0. The van der Waals surface area contributed by atoms with Crippen LogP contribution >= 0.6 is 0 Å². The van der Waals surface area contributed by atoms with Gasteiger partial charge >= 0.3 is 0 Å². The lowest BCUT2D eigenvalue weighted by atomic mass is 10.0. The fraction of sp³-hybridized carbons (Fsp3) is 0.542. The molecule has 0 bridgehead atoms. The summed E-state index contributed by atoms with van der Waals surface area (Å²) >= 11 is 0. The molecule has 2 aromatic rings. The second-order valence-corrected chi connectivity index (χ2v) is 8.64. The van der Waals surface area contributed by atoms with Crippen LogP contribution in [0.2, 0.25) is 0 Å². The lowest BCUT2D eigenvalue weighted by Crippen LogP contribution is -2.36. The minimum Gasteiger partial charge on any atom is -0.356 e. The van der Waals surface area contributed by atoms with Gasteiger partial charge in [-0.15, -0.1) is 0 Å². The van der Waals surface area contributed by atoms with Crippen molar-refractivity contribution in [3.8, 4) is 0 Å². The Morgan fingerprint density at radius 3 is 2.69 bits per heavy atom. The van der Waals surface area contributed by atoms with Crippen molar-refractivity contribution in [2.75, 3.05) is 24.5 Å². The number of aryl methyl sites for hydroxylation is 1. The van der Waals surface area contributed by atoms with Gasteiger partial charge in [0.05, 0.1) is 6.04 Å². The van der Waals surface area contributed by atoms with Crippen LogP contribution in [0.5, 0.6) is 0 Å². The van der Waals surface area contributed by atoms with Crippen molar-refractivity contribution in [3.63, 3.8) is 0 Å². The average molecular weight is 393 g/mol. The molecule has 1 aromatic carbocycles. The summed E-state index contributed by atoms with van der Waals surface area (Å²) in [5.41, 5.74) is 3.72. The van der Waals surface area contributed by atoms with E-state index in [9.17, 15) is 4.79 Å². The van der Waals surface area contributed by atoms with Crippen LogP contribution in [-0.2, 0) is 17.6 Å². The van der Waals surface area contributed by atoms with E-state index >= 15 is 0 Å². The highest BCUT2D eigenvalue weighted by atomic mass is 16.2. The van der Waals surface area contributed by atoms with Crippen LogP contribution in [0.1, 0.15) is 61.8 Å². The molecule has 0 spiro atoms. The first-order valence-electron chi connectivity index (χ1n) is 11.0. The third kappa shape index (κ3) is 4.14. The van der Waals surface area contributed by atoms with E-state index in [1.807, 2.05) is 18.7 Å². The average Bonchev–Trinajstić information content (AvgIpc) is 3.22. The van der Waals surface area contributed by atoms with E-state index in [1.165, 1.54) is 11.1 Å². The van der Waals surface area contributed by atoms with Gasteiger partial charge in [0, 0.05) is 36.8 Å². The molecule has 1 fully saturated rings. The van der Waals surface area contributed by atoms with E-state index in [0.29, 0.717) is 0 Å². The molecule has 3 heterocycles. The van der Waals surface area contributed by atoms with Crippen molar-refractivity contribution in [1.82, 2.24) is 14.9 Å². The SMILES string of the molecule is Cc1nc([C@H]2CCCN2C(=O)C(C)C)nc2c1CCCN2CCc1ccccc1. The Kier molecular flexibility index (Phi) is 5.84. The Labute approximate surface area is 174 Å². The van der Waals surface area contributed by atoms with Gasteiger partial charge in [-0.1, -0.05) is 44.2 Å². The van der Waals surface area contributed by atoms with Crippen molar-refractivity contribution >= 4 is 11.7 Å². The van der Waals surface area contributed by atoms with Gasteiger partial charge in [-0.2, -0.15) is 0 Å². The van der Waals surface area contributed by atoms with E-state index in [4.69, 9.17) is 9.97 Å². The molecule has 29 heavy (non-hydrogen) atoms. The fourth-order valence-corrected chi connectivity index (χ4v) is 4.61. The fourth-order valence-electron chi connectivity index (χ4n) is 4.61. The lowest BCUT2D eigenvalue weighted by molar-refractivity contribution is -0.135. The summed E-state index contributed by atoms with van der Waals surface area (Å²) in [5.74, 6) is 2.15. The summed E-state index contributed by atoms with van der Waals surface area (Å²) in [6.45, 7) is 8.87. The molecule has 1 atom stereocenters. The molecule has 1 saturated heterocycles. The topological polar surface area (TPSA) is 49.3 Å². The highest BCUT2D eigenvalue weighted by Crippen LogP contribution is 2.35. The Balaban J connectivity index is 1.60. The third-order valence-corrected chi connectivity index (χ3v) is 6.20. The maximum Gasteiger partial charge on any atom is 0.225 e. The molecule has 0 unspecified atom stereocenters. The minimum atomic E-state index is 0.0108. The summed E-state index contributed by atoms with van der Waals surface area (Å²) in [4.78, 5) is 27.1. The maximum absolute atomic E-state index is 12.7. The summed E-state index contributed by atoms with van der Waals surface area (Å²) < 4.78 is 0. The lowest BCUT2D eigenvalue weighted by Gasteiger charge is -2.32. The van der Waals surface area contributed by atoms with Gasteiger partial charge in [0.25, 0.3) is 0 Å². The number of fused-ring (bicyclic) bond motifs is 1. The molecule has 4 rings (SSSR count). The molecular formula is C24H32N4O. The molecule has 2 aliphatic heterocycles. The quantitative estimate of drug-likeness (QED) is 0.769. The van der Waals surface area contributed by atoms with Gasteiger partial charge < -0.3 is 9.80 Å². The second kappa shape index (κ2) is 8.52. The smallest absolute Gasteiger partial charge is 0.225 e. The number of aromatic nitrogens is 2. The second-order valence-electron chi connectivity index (χ2n) is 8.64. The third-order valence-electron chi connectivity index (χ3n) is 6.20. The van der Waals surface area contributed by atoms with E-state index in [-0.39, 0.29) is 17.9 Å². The number of hydrogen-bond donors (Lipinski definition) is 0. The number of carbonyl (C=O) groups is 1. The van der Waals surface area contributed by atoms with Crippen molar-refractivity contribution in [2.45, 2.75) is 58.9 Å². The molecule has 2 aliphatic rings. The number of rotatable bonds is 5. The standard InChI is InChI=1S/C24H32N4O/c1-17(2)24(29)28-15-8-12-21(28)22-25-18(3)20-11-7-14-27(23(20)26-22)16-13-19-9-5-4-6-10-19/h4-6,9-10,17,21H,7-8,11-16H2,1-3H3/t21-/m1/s1. The normalized spacial score (nSPS) is 19.0. The highest BCUT2D eigenvalue weighted by Gasteiger charge is 2.34. The minimum absolute atomic E-state index is 0.0108. The van der Waals surface area contributed by atoms with Gasteiger partial charge in [0.1, 0.15) is 5.82 Å². The molecule has 1 amide bonds. The van der Waals surface area contributed by atoms with E-state index in [1.54, 1.807) is 0 Å². The molecule has 0 aliphatic carbocycles. The number of hydrogen-bond acceptors (Lipinski definition) is 4. The van der Waals surface area contributed by atoms with Gasteiger partial charge in [-0.25, -0.2) is 9.97 Å². The molecule has 0 N–H and O–H groups in total. The first-order valence-corrected chi connectivity index (χ1v) is 11.0. The molecule has 0 radical (unpaired) electrons. The van der Waals surface area contributed by atoms with Crippen LogP contribution in [0.25, 0.3) is 0 Å². The zero-order chi connectivity index (χ0) is 20.4. The van der Waals surface area contributed by atoms with Crippen molar-refractivity contribution in [2.24, 2.45) is 5.92 Å². The first kappa shape index (κ1) is 19.9. The highest BCUT2D eigenvalue weighted by molar-refractivity contribution is 5.78. The zero-order valence-electron chi connectivity index (χ0n) is 17.9. The van der Waals surface area contributed by atoms with Gasteiger partial charge in [-0.05, 0) is 44.6 Å².